The van der Waals surface area contributed by atoms with Crippen LogP contribution in [0.25, 0.3) is 0 Å². The van der Waals surface area contributed by atoms with Crippen LogP contribution in [0.15, 0.2) is 24.5 Å². The van der Waals surface area contributed by atoms with Gasteiger partial charge in [-0.15, -0.1) is 0 Å². The van der Waals surface area contributed by atoms with Crippen LogP contribution in [0.4, 0.5) is 0 Å². The van der Waals surface area contributed by atoms with Crippen molar-refractivity contribution in [2.45, 2.75) is 12.5 Å². The van der Waals surface area contributed by atoms with Crippen molar-refractivity contribution in [2.75, 3.05) is 14.2 Å². The van der Waals surface area contributed by atoms with Gasteiger partial charge in [0.2, 0.25) is 0 Å². The number of rotatable bonds is 5. The Bertz CT molecular complexity index is 555. The summed E-state index contributed by atoms with van der Waals surface area (Å²) in [5.41, 5.74) is 1.01. The summed E-state index contributed by atoms with van der Waals surface area (Å²) in [5.74, 6) is 1.72. The molecule has 1 aromatic carbocycles. The minimum atomic E-state index is 0.0662. The average molecular weight is 281 g/mol. The van der Waals surface area contributed by atoms with Gasteiger partial charge in [0, 0.05) is 30.1 Å². The Hall–Kier alpha value is -1.59. The van der Waals surface area contributed by atoms with Crippen molar-refractivity contribution < 1.29 is 4.74 Å². The third-order valence-corrected chi connectivity index (χ3v) is 3.34. The van der Waals surface area contributed by atoms with E-state index in [0.717, 1.165) is 17.1 Å². The molecule has 0 amide bonds. The highest BCUT2D eigenvalue weighted by atomic mass is 35.5. The molecule has 0 fully saturated rings. The Kier molecular flexibility index (Phi) is 4.39. The Morgan fingerprint density at radius 2 is 2.26 bits per heavy atom. The van der Waals surface area contributed by atoms with E-state index in [9.17, 15) is 0 Å². The van der Waals surface area contributed by atoms with Crippen LogP contribution >= 0.6 is 11.6 Å². The van der Waals surface area contributed by atoms with Gasteiger partial charge in [0.1, 0.15) is 17.9 Å². The number of nitrogens with zero attached hydrogens (tertiary/aromatic N) is 3. The first-order valence-corrected chi connectivity index (χ1v) is 6.37. The molecular weight excluding hydrogens is 264 g/mol. The summed E-state index contributed by atoms with van der Waals surface area (Å²) >= 11 is 6.07. The normalized spacial score (nSPS) is 12.4. The first kappa shape index (κ1) is 13.8. The number of hydrogen-bond acceptors (Lipinski definition) is 4. The molecule has 19 heavy (non-hydrogen) atoms. The fourth-order valence-corrected chi connectivity index (χ4v) is 2.21. The highest BCUT2D eigenvalue weighted by Crippen LogP contribution is 2.29. The monoisotopic (exact) mass is 280 g/mol. The van der Waals surface area contributed by atoms with Gasteiger partial charge in [0.25, 0.3) is 0 Å². The number of likely N-dealkylation sites (N-methyl/N-ethyl adjacent to an activating group) is 1. The summed E-state index contributed by atoms with van der Waals surface area (Å²) in [6.45, 7) is 0. The Labute approximate surface area is 117 Å². The molecule has 2 rings (SSSR count). The first-order valence-electron chi connectivity index (χ1n) is 5.99. The second-order valence-electron chi connectivity index (χ2n) is 4.23. The lowest BCUT2D eigenvalue weighted by Crippen LogP contribution is -2.21. The number of methoxy groups -OCH3 is 1. The van der Waals surface area contributed by atoms with Crippen LogP contribution in [-0.2, 0) is 13.5 Å². The Morgan fingerprint density at radius 3 is 2.84 bits per heavy atom. The minimum absolute atomic E-state index is 0.0662. The van der Waals surface area contributed by atoms with E-state index in [-0.39, 0.29) is 6.04 Å². The van der Waals surface area contributed by atoms with Crippen LogP contribution in [-0.4, -0.2) is 28.9 Å². The van der Waals surface area contributed by atoms with Crippen LogP contribution in [0.3, 0.4) is 0 Å². The maximum absolute atomic E-state index is 6.07. The molecule has 1 unspecified atom stereocenters. The van der Waals surface area contributed by atoms with E-state index in [4.69, 9.17) is 16.3 Å². The average Bonchev–Trinajstić information content (AvgIpc) is 2.81. The third kappa shape index (κ3) is 3.05. The van der Waals surface area contributed by atoms with E-state index >= 15 is 0 Å². The number of benzene rings is 1. The van der Waals surface area contributed by atoms with Crippen molar-refractivity contribution >= 4 is 11.6 Å². The number of nitrogens with one attached hydrogen (secondary N) is 1. The molecule has 0 saturated heterocycles. The number of hydrogen-bond donors (Lipinski definition) is 1. The van der Waals surface area contributed by atoms with E-state index < -0.39 is 0 Å². The van der Waals surface area contributed by atoms with E-state index in [1.807, 2.05) is 32.3 Å². The highest BCUT2D eigenvalue weighted by molar-refractivity contribution is 6.30. The van der Waals surface area contributed by atoms with E-state index in [1.165, 1.54) is 0 Å². The predicted molar refractivity (Wildman–Crippen MR) is 74.5 cm³/mol. The molecule has 0 bridgehead atoms. The van der Waals surface area contributed by atoms with Crippen LogP contribution in [0.1, 0.15) is 17.4 Å². The van der Waals surface area contributed by atoms with Crippen molar-refractivity contribution in [2.24, 2.45) is 7.05 Å². The lowest BCUT2D eigenvalue weighted by atomic mass is 10.0. The molecule has 0 aliphatic heterocycles. The number of aryl methyl sites for hydroxylation is 1. The highest BCUT2D eigenvalue weighted by Gasteiger charge is 2.17. The van der Waals surface area contributed by atoms with Crippen LogP contribution in [0.5, 0.6) is 5.75 Å². The van der Waals surface area contributed by atoms with Crippen molar-refractivity contribution in [3.8, 4) is 5.75 Å². The molecular formula is C13H17ClN4O. The van der Waals surface area contributed by atoms with Gasteiger partial charge in [0.05, 0.1) is 7.11 Å². The molecule has 1 aromatic heterocycles. The molecule has 1 atom stereocenters. The molecule has 1 heterocycles. The fraction of sp³-hybridized carbons (Fsp3) is 0.385. The van der Waals surface area contributed by atoms with Gasteiger partial charge < -0.3 is 10.1 Å². The molecule has 0 radical (unpaired) electrons. The summed E-state index contributed by atoms with van der Waals surface area (Å²) < 4.78 is 7.16. The van der Waals surface area contributed by atoms with Crippen LogP contribution in [0, 0.1) is 0 Å². The molecule has 1 N–H and O–H groups in total. The minimum Gasteiger partial charge on any atom is -0.496 e. The molecule has 5 nitrogen and oxygen atoms in total. The standard InChI is InChI=1S/C13H17ClN4O/c1-15-11(7-13-16-8-17-18(13)2)10-6-9(14)4-5-12(10)19-3/h4-6,8,11,15H,7H2,1-3H3. The Balaban J connectivity index is 2.31. The van der Waals surface area contributed by atoms with Gasteiger partial charge in [-0.3, -0.25) is 4.68 Å². The second-order valence-corrected chi connectivity index (χ2v) is 4.67. The van der Waals surface area contributed by atoms with Crippen molar-refractivity contribution in [1.82, 2.24) is 20.1 Å². The maximum atomic E-state index is 6.07. The number of ether oxygens (including phenoxy) is 1. The molecule has 0 spiro atoms. The van der Waals surface area contributed by atoms with Crippen molar-refractivity contribution in [3.05, 3.63) is 40.9 Å². The van der Waals surface area contributed by atoms with Gasteiger partial charge in [-0.2, -0.15) is 5.10 Å². The molecule has 0 aliphatic carbocycles. The van der Waals surface area contributed by atoms with Gasteiger partial charge >= 0.3 is 0 Å². The van der Waals surface area contributed by atoms with E-state index in [0.29, 0.717) is 11.4 Å². The van der Waals surface area contributed by atoms with Crippen LogP contribution in [0.2, 0.25) is 5.02 Å². The molecule has 2 aromatic rings. The summed E-state index contributed by atoms with van der Waals surface area (Å²) in [4.78, 5) is 4.25. The zero-order valence-corrected chi connectivity index (χ0v) is 12.0. The number of halogens is 1. The molecule has 6 heteroatoms. The van der Waals surface area contributed by atoms with Crippen molar-refractivity contribution in [3.63, 3.8) is 0 Å². The lowest BCUT2D eigenvalue weighted by Gasteiger charge is -2.19. The quantitative estimate of drug-likeness (QED) is 0.910. The smallest absolute Gasteiger partial charge is 0.138 e. The SMILES string of the molecule is CNC(Cc1ncnn1C)c1cc(Cl)ccc1OC. The van der Waals surface area contributed by atoms with Crippen molar-refractivity contribution in [1.29, 1.82) is 0 Å². The molecule has 0 saturated carbocycles. The zero-order valence-electron chi connectivity index (χ0n) is 11.2. The topological polar surface area (TPSA) is 52.0 Å². The summed E-state index contributed by atoms with van der Waals surface area (Å²) in [5, 5.41) is 8.03. The van der Waals surface area contributed by atoms with Gasteiger partial charge in [-0.25, -0.2) is 4.98 Å². The molecule has 0 aliphatic rings. The van der Waals surface area contributed by atoms with E-state index in [1.54, 1.807) is 18.1 Å². The predicted octanol–water partition coefficient (Wildman–Crippen LogP) is 1.98. The van der Waals surface area contributed by atoms with Gasteiger partial charge in [0.15, 0.2) is 0 Å². The number of aromatic nitrogens is 3. The lowest BCUT2D eigenvalue weighted by molar-refractivity contribution is 0.400. The van der Waals surface area contributed by atoms with Gasteiger partial charge in [-0.05, 0) is 25.2 Å². The second kappa shape index (κ2) is 6.04. The Morgan fingerprint density at radius 1 is 1.47 bits per heavy atom. The summed E-state index contributed by atoms with van der Waals surface area (Å²) in [7, 11) is 5.44. The fourth-order valence-electron chi connectivity index (χ4n) is 2.03. The molecule has 102 valence electrons. The van der Waals surface area contributed by atoms with E-state index in [2.05, 4.69) is 15.4 Å². The first-order chi connectivity index (χ1) is 9.15. The third-order valence-electron chi connectivity index (χ3n) is 3.11. The largest absolute Gasteiger partial charge is 0.496 e. The summed E-state index contributed by atoms with van der Waals surface area (Å²) in [6, 6.07) is 5.67. The summed E-state index contributed by atoms with van der Waals surface area (Å²) in [6.07, 6.45) is 2.26. The maximum Gasteiger partial charge on any atom is 0.138 e. The van der Waals surface area contributed by atoms with Gasteiger partial charge in [-0.1, -0.05) is 11.6 Å². The van der Waals surface area contributed by atoms with Crippen LogP contribution < -0.4 is 10.1 Å². The zero-order chi connectivity index (χ0) is 13.8.